The van der Waals surface area contributed by atoms with E-state index in [1.165, 1.54) is 0 Å². The highest BCUT2D eigenvalue weighted by atomic mass is 32.1. The van der Waals surface area contributed by atoms with Crippen molar-refractivity contribution in [3.8, 4) is 0 Å². The number of carbonyl (C=O) groups is 1. The average Bonchev–Trinajstić information content (AvgIpc) is 1.85. The zero-order valence-corrected chi connectivity index (χ0v) is 6.37. The van der Waals surface area contributed by atoms with E-state index in [-0.39, 0.29) is 6.03 Å². The molecule has 0 radical (unpaired) electrons. The summed E-state index contributed by atoms with van der Waals surface area (Å²) >= 11 is 3.92. The van der Waals surface area contributed by atoms with E-state index in [1.54, 1.807) is 0 Å². The van der Waals surface area contributed by atoms with Gasteiger partial charge in [-0.2, -0.15) is 12.6 Å². The topological polar surface area (TPSA) is 41.1 Å². The molecule has 0 aromatic carbocycles. The smallest absolute Gasteiger partial charge is 0.314 e. The second kappa shape index (κ2) is 5.75. The maximum atomic E-state index is 10.5. The van der Waals surface area contributed by atoms with E-state index < -0.39 is 0 Å². The van der Waals surface area contributed by atoms with Gasteiger partial charge in [0.05, 0.1) is 0 Å². The highest BCUT2D eigenvalue weighted by Gasteiger charge is 1.92. The molecule has 0 saturated heterocycles. The van der Waals surface area contributed by atoms with Crippen LogP contribution in [-0.2, 0) is 0 Å². The molecule has 0 aliphatic heterocycles. The Labute approximate surface area is 60.6 Å². The summed E-state index contributed by atoms with van der Waals surface area (Å²) < 4.78 is 0. The van der Waals surface area contributed by atoms with Crippen molar-refractivity contribution >= 4 is 18.7 Å². The molecule has 9 heavy (non-hydrogen) atoms. The fraction of sp³-hybridized carbons (Fsp3) is 0.800. The summed E-state index contributed by atoms with van der Waals surface area (Å²) in [7, 11) is 0. The third-order valence-electron chi connectivity index (χ3n) is 0.735. The highest BCUT2D eigenvalue weighted by Crippen LogP contribution is 1.68. The van der Waals surface area contributed by atoms with Crippen LogP contribution in [0.5, 0.6) is 0 Å². The molecule has 2 N–H and O–H groups in total. The van der Waals surface area contributed by atoms with Crippen molar-refractivity contribution in [1.29, 1.82) is 0 Å². The van der Waals surface area contributed by atoms with Gasteiger partial charge < -0.3 is 10.6 Å². The lowest BCUT2D eigenvalue weighted by atomic mass is 10.7. The molecule has 3 nitrogen and oxygen atoms in total. The van der Waals surface area contributed by atoms with Crippen LogP contribution in [0.2, 0.25) is 0 Å². The molecule has 54 valence electrons. The van der Waals surface area contributed by atoms with Crippen LogP contribution < -0.4 is 10.6 Å². The number of nitrogens with one attached hydrogen (secondary N) is 2. The van der Waals surface area contributed by atoms with E-state index in [2.05, 4.69) is 23.3 Å². The van der Waals surface area contributed by atoms with Crippen LogP contribution in [0, 0.1) is 0 Å². The van der Waals surface area contributed by atoms with Gasteiger partial charge in [0.2, 0.25) is 0 Å². The summed E-state index contributed by atoms with van der Waals surface area (Å²) in [5.74, 6) is 0.678. The van der Waals surface area contributed by atoms with Crippen molar-refractivity contribution in [2.24, 2.45) is 0 Å². The highest BCUT2D eigenvalue weighted by molar-refractivity contribution is 7.80. The Kier molecular flexibility index (Phi) is 5.51. The third-order valence-corrected chi connectivity index (χ3v) is 0.958. The van der Waals surface area contributed by atoms with Crippen LogP contribution in [0.25, 0.3) is 0 Å². The fourth-order valence-corrected chi connectivity index (χ4v) is 0.504. The molecular weight excluding hydrogens is 136 g/mol. The lowest BCUT2D eigenvalue weighted by molar-refractivity contribution is 0.242. The standard InChI is InChI=1S/C5H12N2OS/c1-2-6-5(8)7-3-4-9/h9H,2-4H2,1H3,(H2,6,7,8). The molecule has 0 aromatic heterocycles. The Bertz CT molecular complexity index is 87.0. The van der Waals surface area contributed by atoms with Gasteiger partial charge in [-0.1, -0.05) is 0 Å². The zero-order valence-electron chi connectivity index (χ0n) is 5.48. The monoisotopic (exact) mass is 148 g/mol. The van der Waals surface area contributed by atoms with Gasteiger partial charge in [0.25, 0.3) is 0 Å². The van der Waals surface area contributed by atoms with Crippen LogP contribution in [-0.4, -0.2) is 24.9 Å². The first-order valence-electron chi connectivity index (χ1n) is 2.93. The van der Waals surface area contributed by atoms with Gasteiger partial charge >= 0.3 is 6.03 Å². The minimum absolute atomic E-state index is 0.119. The van der Waals surface area contributed by atoms with Crippen molar-refractivity contribution < 1.29 is 4.79 Å². The number of hydrogen-bond acceptors (Lipinski definition) is 2. The summed E-state index contributed by atoms with van der Waals surface area (Å²) in [6.45, 7) is 3.16. The SMILES string of the molecule is CCNC(=O)NCCS. The molecule has 0 bridgehead atoms. The van der Waals surface area contributed by atoms with Crippen LogP contribution in [0.15, 0.2) is 0 Å². The van der Waals surface area contributed by atoms with E-state index in [1.807, 2.05) is 6.92 Å². The lowest BCUT2D eigenvalue weighted by Crippen LogP contribution is -2.36. The maximum absolute atomic E-state index is 10.5. The minimum Gasteiger partial charge on any atom is -0.338 e. The Morgan fingerprint density at radius 2 is 2.22 bits per heavy atom. The summed E-state index contributed by atoms with van der Waals surface area (Å²) in [4.78, 5) is 10.5. The number of rotatable bonds is 3. The first-order chi connectivity index (χ1) is 4.31. The molecule has 0 spiro atoms. The van der Waals surface area contributed by atoms with E-state index in [0.29, 0.717) is 18.8 Å². The first-order valence-corrected chi connectivity index (χ1v) is 3.57. The Morgan fingerprint density at radius 3 is 2.67 bits per heavy atom. The third kappa shape index (κ3) is 5.49. The molecule has 0 aliphatic carbocycles. The molecule has 0 fully saturated rings. The number of carbonyl (C=O) groups excluding carboxylic acids is 1. The fourth-order valence-electron chi connectivity index (χ4n) is 0.392. The van der Waals surface area contributed by atoms with Crippen LogP contribution in [0.3, 0.4) is 0 Å². The van der Waals surface area contributed by atoms with E-state index in [0.717, 1.165) is 0 Å². The van der Waals surface area contributed by atoms with Crippen LogP contribution >= 0.6 is 12.6 Å². The Morgan fingerprint density at radius 1 is 1.56 bits per heavy atom. The number of amides is 2. The van der Waals surface area contributed by atoms with Crippen molar-refractivity contribution in [3.63, 3.8) is 0 Å². The van der Waals surface area contributed by atoms with Gasteiger partial charge in [-0.15, -0.1) is 0 Å². The number of urea groups is 1. The molecule has 0 aromatic rings. The van der Waals surface area contributed by atoms with Crippen LogP contribution in [0.4, 0.5) is 4.79 Å². The minimum atomic E-state index is -0.119. The average molecular weight is 148 g/mol. The van der Waals surface area contributed by atoms with Gasteiger partial charge in [0.1, 0.15) is 0 Å². The predicted octanol–water partition coefficient (Wildman–Crippen LogP) is 0.235. The molecular formula is C5H12N2OS. The summed E-state index contributed by atoms with van der Waals surface area (Å²) in [6.07, 6.45) is 0. The summed E-state index contributed by atoms with van der Waals surface area (Å²) in [5.41, 5.74) is 0. The maximum Gasteiger partial charge on any atom is 0.314 e. The van der Waals surface area contributed by atoms with Crippen molar-refractivity contribution in [2.75, 3.05) is 18.8 Å². The molecule has 0 saturated carbocycles. The number of hydrogen-bond donors (Lipinski definition) is 3. The summed E-state index contributed by atoms with van der Waals surface area (Å²) in [5, 5.41) is 5.20. The normalized spacial score (nSPS) is 8.67. The van der Waals surface area contributed by atoms with Gasteiger partial charge in [-0.25, -0.2) is 4.79 Å². The molecule has 0 aliphatic rings. The van der Waals surface area contributed by atoms with Gasteiger partial charge in [0, 0.05) is 18.8 Å². The number of thiol groups is 1. The quantitative estimate of drug-likeness (QED) is 0.493. The molecule has 0 atom stereocenters. The second-order valence-corrected chi connectivity index (χ2v) is 1.96. The van der Waals surface area contributed by atoms with Crippen molar-refractivity contribution in [3.05, 3.63) is 0 Å². The Hall–Kier alpha value is -0.380. The molecule has 0 rings (SSSR count). The van der Waals surface area contributed by atoms with Crippen molar-refractivity contribution in [2.45, 2.75) is 6.92 Å². The predicted molar refractivity (Wildman–Crippen MR) is 40.9 cm³/mol. The van der Waals surface area contributed by atoms with Crippen molar-refractivity contribution in [1.82, 2.24) is 10.6 Å². The van der Waals surface area contributed by atoms with Gasteiger partial charge in [0.15, 0.2) is 0 Å². The zero-order chi connectivity index (χ0) is 7.11. The first kappa shape index (κ1) is 8.62. The van der Waals surface area contributed by atoms with Crippen LogP contribution in [0.1, 0.15) is 6.92 Å². The van der Waals surface area contributed by atoms with Gasteiger partial charge in [-0.3, -0.25) is 0 Å². The molecule has 0 heterocycles. The van der Waals surface area contributed by atoms with E-state index in [4.69, 9.17) is 0 Å². The molecule has 4 heteroatoms. The van der Waals surface area contributed by atoms with E-state index >= 15 is 0 Å². The van der Waals surface area contributed by atoms with Gasteiger partial charge in [-0.05, 0) is 6.92 Å². The largest absolute Gasteiger partial charge is 0.338 e. The Balaban J connectivity index is 3.06. The molecule has 0 unspecified atom stereocenters. The lowest BCUT2D eigenvalue weighted by Gasteiger charge is -2.01. The van der Waals surface area contributed by atoms with E-state index in [9.17, 15) is 4.79 Å². The second-order valence-electron chi connectivity index (χ2n) is 1.51. The molecule has 2 amide bonds. The summed E-state index contributed by atoms with van der Waals surface area (Å²) in [6, 6.07) is -0.119.